The number of fused-ring (bicyclic) bond motifs is 1. The molecule has 0 aliphatic carbocycles. The molecule has 0 aliphatic rings. The van der Waals surface area contributed by atoms with Crippen LogP contribution in [0.2, 0.25) is 0 Å². The number of alkyl halides is 2. The van der Waals surface area contributed by atoms with Gasteiger partial charge in [0, 0.05) is 12.4 Å². The minimum absolute atomic E-state index is 0.0496. The van der Waals surface area contributed by atoms with Crippen LogP contribution in [0.25, 0.3) is 11.2 Å². The first-order valence-electron chi connectivity index (χ1n) is 3.49. The van der Waals surface area contributed by atoms with Crippen molar-refractivity contribution in [1.29, 1.82) is 0 Å². The normalized spacial score (nSPS) is 11.0. The standard InChI is InChI=1S/C7H4Br2N4/c8-5(9)7-12-3-4-6(13-7)11-2-1-10-4/h1-3,5H. The molecule has 13 heavy (non-hydrogen) atoms. The molecule has 0 saturated carbocycles. The van der Waals surface area contributed by atoms with Gasteiger partial charge in [-0.25, -0.2) is 19.9 Å². The Morgan fingerprint density at radius 1 is 1.08 bits per heavy atom. The van der Waals surface area contributed by atoms with Gasteiger partial charge in [-0.15, -0.1) is 0 Å². The van der Waals surface area contributed by atoms with Crippen LogP contribution in [0.1, 0.15) is 9.56 Å². The zero-order chi connectivity index (χ0) is 9.26. The van der Waals surface area contributed by atoms with E-state index in [1.54, 1.807) is 18.6 Å². The molecule has 0 fully saturated rings. The minimum Gasteiger partial charge on any atom is -0.250 e. The number of rotatable bonds is 1. The molecule has 0 spiro atoms. The molecule has 0 aromatic carbocycles. The van der Waals surface area contributed by atoms with E-state index in [0.29, 0.717) is 17.0 Å². The molecule has 2 rings (SSSR count). The zero-order valence-electron chi connectivity index (χ0n) is 6.35. The van der Waals surface area contributed by atoms with Gasteiger partial charge < -0.3 is 0 Å². The van der Waals surface area contributed by atoms with Gasteiger partial charge in [-0.05, 0) is 0 Å². The van der Waals surface area contributed by atoms with Crippen LogP contribution < -0.4 is 0 Å². The Bertz CT molecular complexity index is 432. The van der Waals surface area contributed by atoms with Gasteiger partial charge in [-0.2, -0.15) is 0 Å². The van der Waals surface area contributed by atoms with Crippen LogP contribution in [0.4, 0.5) is 0 Å². The monoisotopic (exact) mass is 302 g/mol. The number of aromatic nitrogens is 4. The third kappa shape index (κ3) is 1.83. The van der Waals surface area contributed by atoms with E-state index in [1.807, 2.05) is 0 Å². The van der Waals surface area contributed by atoms with Gasteiger partial charge in [-0.1, -0.05) is 31.9 Å². The summed E-state index contributed by atoms with van der Waals surface area (Å²) in [7, 11) is 0. The molecule has 4 nitrogen and oxygen atoms in total. The van der Waals surface area contributed by atoms with Crippen LogP contribution in [-0.4, -0.2) is 19.9 Å². The van der Waals surface area contributed by atoms with E-state index >= 15 is 0 Å². The van der Waals surface area contributed by atoms with Gasteiger partial charge >= 0.3 is 0 Å². The SMILES string of the molecule is BrC(Br)c1ncc2nccnc2n1. The summed E-state index contributed by atoms with van der Waals surface area (Å²) in [5.74, 6) is 0.646. The second-order valence-corrected chi connectivity index (χ2v) is 5.35. The van der Waals surface area contributed by atoms with Crippen molar-refractivity contribution in [2.45, 2.75) is 3.74 Å². The van der Waals surface area contributed by atoms with Gasteiger partial charge in [0.05, 0.1) is 6.20 Å². The summed E-state index contributed by atoms with van der Waals surface area (Å²) in [5, 5.41) is 0. The third-order valence-corrected chi connectivity index (χ3v) is 2.26. The molecule has 2 aromatic rings. The first-order valence-corrected chi connectivity index (χ1v) is 5.32. The summed E-state index contributed by atoms with van der Waals surface area (Å²) in [6, 6.07) is 0. The summed E-state index contributed by atoms with van der Waals surface area (Å²) < 4.78 is -0.0496. The van der Waals surface area contributed by atoms with Crippen molar-refractivity contribution in [3.8, 4) is 0 Å². The molecule has 0 saturated heterocycles. The molecular formula is C7H4Br2N4. The molecule has 0 aliphatic heterocycles. The summed E-state index contributed by atoms with van der Waals surface area (Å²) in [6.45, 7) is 0. The predicted octanol–water partition coefficient (Wildman–Crippen LogP) is 2.21. The van der Waals surface area contributed by atoms with E-state index in [9.17, 15) is 0 Å². The number of halogens is 2. The summed E-state index contributed by atoms with van der Waals surface area (Å²) in [6.07, 6.45) is 4.88. The lowest BCUT2D eigenvalue weighted by Gasteiger charge is -2.00. The van der Waals surface area contributed by atoms with Crippen molar-refractivity contribution in [2.24, 2.45) is 0 Å². The highest BCUT2D eigenvalue weighted by Gasteiger charge is 2.07. The van der Waals surface area contributed by atoms with E-state index in [4.69, 9.17) is 0 Å². The quantitative estimate of drug-likeness (QED) is 0.758. The van der Waals surface area contributed by atoms with Crippen LogP contribution in [0.15, 0.2) is 18.6 Å². The predicted molar refractivity (Wildman–Crippen MR) is 55.7 cm³/mol. The first kappa shape index (κ1) is 8.96. The maximum Gasteiger partial charge on any atom is 0.181 e. The second-order valence-electron chi connectivity index (χ2n) is 2.29. The molecule has 2 aromatic heterocycles. The topological polar surface area (TPSA) is 51.6 Å². The Morgan fingerprint density at radius 3 is 2.62 bits per heavy atom. The Hall–Kier alpha value is -0.620. The highest BCUT2D eigenvalue weighted by Crippen LogP contribution is 2.25. The molecule has 2 heterocycles. The van der Waals surface area contributed by atoms with Crippen molar-refractivity contribution in [3.63, 3.8) is 0 Å². The van der Waals surface area contributed by atoms with Crippen molar-refractivity contribution in [2.75, 3.05) is 0 Å². The summed E-state index contributed by atoms with van der Waals surface area (Å²) in [4.78, 5) is 16.4. The molecule has 0 radical (unpaired) electrons. The fourth-order valence-corrected chi connectivity index (χ4v) is 1.33. The lowest BCUT2D eigenvalue weighted by Crippen LogP contribution is -1.95. The molecular weight excluding hydrogens is 300 g/mol. The molecule has 0 atom stereocenters. The van der Waals surface area contributed by atoms with Crippen LogP contribution >= 0.6 is 31.9 Å². The van der Waals surface area contributed by atoms with Gasteiger partial charge in [0.15, 0.2) is 11.5 Å². The van der Waals surface area contributed by atoms with E-state index in [1.165, 1.54) is 0 Å². The zero-order valence-corrected chi connectivity index (χ0v) is 9.53. The van der Waals surface area contributed by atoms with E-state index in [2.05, 4.69) is 51.8 Å². The van der Waals surface area contributed by atoms with Crippen LogP contribution in [0.5, 0.6) is 0 Å². The fraction of sp³-hybridized carbons (Fsp3) is 0.143. The van der Waals surface area contributed by atoms with Crippen LogP contribution in [-0.2, 0) is 0 Å². The Labute approximate surface area is 91.1 Å². The van der Waals surface area contributed by atoms with Crippen molar-refractivity contribution in [3.05, 3.63) is 24.4 Å². The molecule has 0 N–H and O–H groups in total. The van der Waals surface area contributed by atoms with Gasteiger partial charge in [-0.3, -0.25) is 0 Å². The Kier molecular flexibility index (Phi) is 2.50. The van der Waals surface area contributed by atoms with Gasteiger partial charge in [0.2, 0.25) is 0 Å². The van der Waals surface area contributed by atoms with Crippen LogP contribution in [0, 0.1) is 0 Å². The second kappa shape index (κ2) is 3.63. The van der Waals surface area contributed by atoms with E-state index < -0.39 is 0 Å². The largest absolute Gasteiger partial charge is 0.250 e. The maximum absolute atomic E-state index is 4.20. The molecule has 0 bridgehead atoms. The maximum atomic E-state index is 4.20. The number of hydrogen-bond donors (Lipinski definition) is 0. The molecule has 0 amide bonds. The molecule has 66 valence electrons. The average molecular weight is 304 g/mol. The molecule has 0 unspecified atom stereocenters. The Morgan fingerprint density at radius 2 is 1.85 bits per heavy atom. The van der Waals surface area contributed by atoms with E-state index in [0.717, 1.165) is 0 Å². The number of nitrogens with zero attached hydrogens (tertiary/aromatic N) is 4. The Balaban J connectivity index is 2.62. The average Bonchev–Trinajstić information content (AvgIpc) is 2.17. The van der Waals surface area contributed by atoms with Crippen LogP contribution in [0.3, 0.4) is 0 Å². The van der Waals surface area contributed by atoms with Crippen molar-refractivity contribution in [1.82, 2.24) is 19.9 Å². The first-order chi connectivity index (χ1) is 6.27. The minimum atomic E-state index is -0.0496. The molecule has 6 heteroatoms. The highest BCUT2D eigenvalue weighted by atomic mass is 79.9. The smallest absolute Gasteiger partial charge is 0.181 e. The van der Waals surface area contributed by atoms with Gasteiger partial charge in [0.1, 0.15) is 9.25 Å². The third-order valence-electron chi connectivity index (χ3n) is 1.44. The summed E-state index contributed by atoms with van der Waals surface area (Å²) in [5.41, 5.74) is 1.31. The van der Waals surface area contributed by atoms with Crippen molar-refractivity contribution < 1.29 is 0 Å². The summed E-state index contributed by atoms with van der Waals surface area (Å²) >= 11 is 6.62. The van der Waals surface area contributed by atoms with Gasteiger partial charge in [0.25, 0.3) is 0 Å². The fourth-order valence-electron chi connectivity index (χ4n) is 0.888. The van der Waals surface area contributed by atoms with E-state index in [-0.39, 0.29) is 3.74 Å². The van der Waals surface area contributed by atoms with Crippen molar-refractivity contribution >= 4 is 43.0 Å². The number of hydrogen-bond acceptors (Lipinski definition) is 4. The highest BCUT2D eigenvalue weighted by molar-refractivity contribution is 9.24. The lowest BCUT2D eigenvalue weighted by molar-refractivity contribution is 1.04. The lowest BCUT2D eigenvalue weighted by atomic mass is 10.5.